The van der Waals surface area contributed by atoms with Crippen LogP contribution in [0.1, 0.15) is 22.7 Å². The Morgan fingerprint density at radius 3 is 2.87 bits per heavy atom. The van der Waals surface area contributed by atoms with Crippen molar-refractivity contribution >= 4 is 0 Å². The third kappa shape index (κ3) is 3.79. The quantitative estimate of drug-likeness (QED) is 0.737. The molecule has 0 saturated carbocycles. The summed E-state index contributed by atoms with van der Waals surface area (Å²) in [6.45, 7) is 6.62. The number of fused-ring (bicyclic) bond motifs is 1. The van der Waals surface area contributed by atoms with Gasteiger partial charge < -0.3 is 24.7 Å². The maximum Gasteiger partial charge on any atom is 0.244 e. The second-order valence-electron chi connectivity index (χ2n) is 7.21. The lowest BCUT2D eigenvalue weighted by atomic mass is 9.84. The van der Waals surface area contributed by atoms with E-state index in [4.69, 9.17) is 24.7 Å². The van der Waals surface area contributed by atoms with E-state index in [0.717, 1.165) is 49.7 Å². The summed E-state index contributed by atoms with van der Waals surface area (Å²) in [6.07, 6.45) is 0. The molecule has 1 saturated heterocycles. The Morgan fingerprint density at radius 1 is 1.33 bits per heavy atom. The predicted molar refractivity (Wildman–Crippen MR) is 108 cm³/mol. The number of benzene rings is 1. The number of aromatic nitrogens is 2. The van der Waals surface area contributed by atoms with Crippen LogP contribution in [0.4, 0.5) is 0 Å². The minimum atomic E-state index is -0.395. The van der Waals surface area contributed by atoms with Crippen molar-refractivity contribution in [1.82, 2.24) is 15.1 Å². The molecule has 0 bridgehead atoms. The fraction of sp³-hybridized carbons (Fsp3) is 0.429. The summed E-state index contributed by atoms with van der Waals surface area (Å²) < 4.78 is 22.4. The molecule has 0 unspecified atom stereocenters. The fourth-order valence-electron chi connectivity index (χ4n) is 3.82. The number of hydrogen-bond acceptors (Lipinski definition) is 8. The Bertz CT molecular complexity index is 988. The van der Waals surface area contributed by atoms with Gasteiger partial charge in [-0.2, -0.15) is 5.26 Å². The fourth-order valence-corrected chi connectivity index (χ4v) is 3.82. The zero-order chi connectivity index (χ0) is 21.1. The van der Waals surface area contributed by atoms with Gasteiger partial charge in [-0.05, 0) is 24.6 Å². The predicted octanol–water partition coefficient (Wildman–Crippen LogP) is 1.66. The van der Waals surface area contributed by atoms with Crippen LogP contribution in [0.25, 0.3) is 0 Å². The zero-order valence-electron chi connectivity index (χ0n) is 17.1. The number of aryl methyl sites for hydroxylation is 1. The van der Waals surface area contributed by atoms with E-state index >= 15 is 0 Å². The van der Waals surface area contributed by atoms with Gasteiger partial charge in [0.25, 0.3) is 0 Å². The number of morpholine rings is 1. The molecule has 0 amide bonds. The van der Waals surface area contributed by atoms with Gasteiger partial charge in [-0.1, -0.05) is 6.07 Å². The van der Waals surface area contributed by atoms with Crippen LogP contribution in [0.2, 0.25) is 0 Å². The molecule has 30 heavy (non-hydrogen) atoms. The summed E-state index contributed by atoms with van der Waals surface area (Å²) in [4.78, 5) is 2.31. The van der Waals surface area contributed by atoms with Crippen LogP contribution in [0, 0.1) is 18.3 Å². The van der Waals surface area contributed by atoms with Crippen LogP contribution < -0.4 is 19.9 Å². The van der Waals surface area contributed by atoms with Crippen LogP contribution in [0.3, 0.4) is 0 Å². The number of aromatic amines is 1. The monoisotopic (exact) mass is 411 g/mol. The minimum absolute atomic E-state index is 0.0614. The molecule has 9 heteroatoms. The smallest absolute Gasteiger partial charge is 0.244 e. The molecule has 4 rings (SSSR count). The highest BCUT2D eigenvalue weighted by Crippen LogP contribution is 2.44. The Balaban J connectivity index is 1.57. The van der Waals surface area contributed by atoms with Crippen molar-refractivity contribution in [2.45, 2.75) is 12.8 Å². The van der Waals surface area contributed by atoms with E-state index in [1.807, 2.05) is 25.1 Å². The van der Waals surface area contributed by atoms with Gasteiger partial charge in [0.15, 0.2) is 11.5 Å². The van der Waals surface area contributed by atoms with Gasteiger partial charge in [0.05, 0.1) is 26.2 Å². The van der Waals surface area contributed by atoms with Crippen molar-refractivity contribution in [3.05, 3.63) is 46.5 Å². The molecule has 1 fully saturated rings. The van der Waals surface area contributed by atoms with Crippen LogP contribution in [0.15, 0.2) is 29.7 Å². The number of nitrogens with two attached hydrogens (primary N) is 1. The third-order valence-electron chi connectivity index (χ3n) is 5.42. The van der Waals surface area contributed by atoms with Crippen molar-refractivity contribution in [1.29, 1.82) is 5.26 Å². The van der Waals surface area contributed by atoms with E-state index < -0.39 is 5.92 Å². The molecule has 3 heterocycles. The molecule has 1 aromatic carbocycles. The molecule has 158 valence electrons. The summed E-state index contributed by atoms with van der Waals surface area (Å²) >= 11 is 0. The van der Waals surface area contributed by atoms with Gasteiger partial charge in [0.2, 0.25) is 11.8 Å². The number of hydrogen-bond donors (Lipinski definition) is 2. The van der Waals surface area contributed by atoms with E-state index in [1.54, 1.807) is 7.11 Å². The molecule has 2 aliphatic rings. The van der Waals surface area contributed by atoms with Crippen molar-refractivity contribution in [3.8, 4) is 23.4 Å². The van der Waals surface area contributed by atoms with E-state index in [-0.39, 0.29) is 5.88 Å². The first kappa shape index (κ1) is 20.1. The van der Waals surface area contributed by atoms with Gasteiger partial charge in [-0.3, -0.25) is 10.00 Å². The summed E-state index contributed by atoms with van der Waals surface area (Å²) in [5.41, 5.74) is 8.80. The zero-order valence-corrected chi connectivity index (χ0v) is 17.1. The lowest BCUT2D eigenvalue weighted by Crippen LogP contribution is -2.38. The first-order chi connectivity index (χ1) is 14.6. The number of ether oxygens (including phenoxy) is 4. The molecule has 2 aromatic rings. The number of rotatable bonds is 6. The van der Waals surface area contributed by atoms with Crippen molar-refractivity contribution in [2.75, 3.05) is 46.6 Å². The average Bonchev–Trinajstić information content (AvgIpc) is 3.13. The summed E-state index contributed by atoms with van der Waals surface area (Å²) in [7, 11) is 1.60. The second kappa shape index (κ2) is 8.65. The van der Waals surface area contributed by atoms with E-state index in [0.29, 0.717) is 29.6 Å². The normalized spacial score (nSPS) is 19.0. The Hall–Kier alpha value is -3.22. The molecule has 2 aliphatic heterocycles. The molecule has 3 N–H and O–H groups in total. The number of nitrogens with zero attached hydrogens (tertiary/aromatic N) is 3. The summed E-state index contributed by atoms with van der Waals surface area (Å²) in [5, 5.41) is 16.8. The number of nitrogens with one attached hydrogen (secondary N) is 1. The first-order valence-electron chi connectivity index (χ1n) is 9.85. The molecule has 1 aromatic heterocycles. The topological polar surface area (TPSA) is 119 Å². The Morgan fingerprint density at radius 2 is 2.13 bits per heavy atom. The van der Waals surface area contributed by atoms with Gasteiger partial charge in [0.1, 0.15) is 18.2 Å². The highest BCUT2D eigenvalue weighted by Gasteiger charge is 2.34. The first-order valence-corrected chi connectivity index (χ1v) is 9.85. The minimum Gasteiger partial charge on any atom is -0.493 e. The largest absolute Gasteiger partial charge is 0.493 e. The highest BCUT2D eigenvalue weighted by atomic mass is 16.5. The van der Waals surface area contributed by atoms with Crippen LogP contribution >= 0.6 is 0 Å². The van der Waals surface area contributed by atoms with Crippen molar-refractivity contribution in [2.24, 2.45) is 5.73 Å². The average molecular weight is 411 g/mol. The van der Waals surface area contributed by atoms with E-state index in [1.165, 1.54) is 0 Å². The lowest BCUT2D eigenvalue weighted by Gasteiger charge is -2.26. The maximum absolute atomic E-state index is 9.70. The number of nitriles is 1. The summed E-state index contributed by atoms with van der Waals surface area (Å²) in [6, 6.07) is 7.84. The van der Waals surface area contributed by atoms with Gasteiger partial charge in [-0.25, -0.2) is 0 Å². The second-order valence-corrected chi connectivity index (χ2v) is 7.21. The number of allylic oxidation sites excluding steroid dienone is 1. The molecule has 0 aliphatic carbocycles. The Labute approximate surface area is 175 Å². The van der Waals surface area contributed by atoms with Crippen LogP contribution in [-0.2, 0) is 4.74 Å². The van der Waals surface area contributed by atoms with Gasteiger partial charge in [-0.15, -0.1) is 5.10 Å². The third-order valence-corrected chi connectivity index (χ3v) is 5.42. The maximum atomic E-state index is 9.70. The molecular formula is C21H25N5O4. The lowest BCUT2D eigenvalue weighted by molar-refractivity contribution is 0.0321. The van der Waals surface area contributed by atoms with E-state index in [2.05, 4.69) is 21.2 Å². The molecule has 9 nitrogen and oxygen atoms in total. The number of methoxy groups -OCH3 is 1. The Kier molecular flexibility index (Phi) is 5.79. The summed E-state index contributed by atoms with van der Waals surface area (Å²) in [5.74, 6) is 1.31. The number of H-pyrrole nitrogens is 1. The van der Waals surface area contributed by atoms with Crippen molar-refractivity contribution in [3.63, 3.8) is 0 Å². The molecular weight excluding hydrogens is 386 g/mol. The van der Waals surface area contributed by atoms with E-state index in [9.17, 15) is 5.26 Å². The molecule has 1 atom stereocenters. The van der Waals surface area contributed by atoms with Gasteiger partial charge in [0, 0.05) is 30.9 Å². The van der Waals surface area contributed by atoms with Crippen LogP contribution in [-0.4, -0.2) is 61.7 Å². The molecule has 0 radical (unpaired) electrons. The van der Waals surface area contributed by atoms with Crippen molar-refractivity contribution < 1.29 is 18.9 Å². The van der Waals surface area contributed by atoms with Gasteiger partial charge >= 0.3 is 0 Å². The SMILES string of the molecule is COc1cc([C@@H]2C(C#N)=C(N)Oc3n[nH]c(C)c32)ccc1OCCN1CCOCC1. The molecule has 0 spiro atoms. The standard InChI is InChI=1S/C21H25N5O4/c1-13-18-19(15(12-22)20(23)30-21(18)25-24-13)14-3-4-16(17(11-14)27-2)29-10-7-26-5-8-28-9-6-26/h3-4,11,19H,5-10,23H2,1-2H3,(H,24,25)/t19-/m1/s1. The van der Waals surface area contributed by atoms with Crippen LogP contribution in [0.5, 0.6) is 17.4 Å². The highest BCUT2D eigenvalue weighted by molar-refractivity contribution is 5.57.